The first-order valence-electron chi connectivity index (χ1n) is 19.5. The smallest absolute Gasteiger partial charge is 0.392 e. The van der Waals surface area contributed by atoms with Gasteiger partial charge in [-0.3, -0.25) is 19.3 Å². The lowest BCUT2D eigenvalue weighted by molar-refractivity contribution is -0.278. The lowest BCUT2D eigenvalue weighted by atomic mass is 9.75. The molecule has 2 aromatic carbocycles. The number of amides is 3. The normalized spacial score (nSPS) is 29.4. The van der Waals surface area contributed by atoms with Crippen molar-refractivity contribution in [3.63, 3.8) is 0 Å². The number of aliphatic hydroxyl groups excluding tert-OH is 1. The predicted octanol–water partition coefficient (Wildman–Crippen LogP) is 6.08. The minimum Gasteiger partial charge on any atom is -0.392 e. The molecular formula is C41H55F3N4O6. The Balaban J connectivity index is 1.21. The predicted molar refractivity (Wildman–Crippen MR) is 195 cm³/mol. The molecule has 1 saturated carbocycles. The van der Waals surface area contributed by atoms with E-state index in [1.54, 1.807) is 0 Å². The molecule has 0 bridgehead atoms. The molecule has 296 valence electrons. The van der Waals surface area contributed by atoms with E-state index in [1.807, 2.05) is 69.3 Å². The van der Waals surface area contributed by atoms with E-state index in [1.165, 1.54) is 12.8 Å². The van der Waals surface area contributed by atoms with Crippen LogP contribution in [0.3, 0.4) is 0 Å². The van der Waals surface area contributed by atoms with Crippen LogP contribution in [0.2, 0.25) is 0 Å². The molecule has 1 aliphatic carbocycles. The lowest BCUT2D eigenvalue weighted by Gasteiger charge is -2.51. The maximum Gasteiger partial charge on any atom is 0.471 e. The summed E-state index contributed by atoms with van der Waals surface area (Å²) < 4.78 is 52.8. The number of likely N-dealkylation sites (tertiary alicyclic amines) is 2. The number of nitrogens with zero attached hydrogens (tertiary/aromatic N) is 2. The molecule has 4 aliphatic rings. The molecule has 13 heteroatoms. The number of carbonyl (C=O) groups is 3. The number of nitrogens with one attached hydrogen (secondary N) is 2. The Labute approximate surface area is 316 Å². The second-order valence-electron chi connectivity index (χ2n) is 16.6. The fourth-order valence-corrected chi connectivity index (χ4v) is 8.81. The molecule has 0 aromatic heterocycles. The van der Waals surface area contributed by atoms with E-state index in [4.69, 9.17) is 9.47 Å². The summed E-state index contributed by atoms with van der Waals surface area (Å²) in [5.41, 5.74) is 2.88. The largest absolute Gasteiger partial charge is 0.471 e. The Morgan fingerprint density at radius 3 is 2.15 bits per heavy atom. The van der Waals surface area contributed by atoms with Crippen molar-refractivity contribution in [2.24, 2.45) is 11.8 Å². The van der Waals surface area contributed by atoms with Gasteiger partial charge in [-0.1, -0.05) is 68.3 Å². The average Bonchev–Trinajstić information content (AvgIpc) is 3.64. The van der Waals surface area contributed by atoms with Crippen LogP contribution in [-0.4, -0.2) is 81.7 Å². The van der Waals surface area contributed by atoms with Gasteiger partial charge in [0.1, 0.15) is 6.04 Å². The molecule has 8 unspecified atom stereocenters. The van der Waals surface area contributed by atoms with Crippen molar-refractivity contribution < 1.29 is 42.1 Å². The van der Waals surface area contributed by atoms with Crippen LogP contribution in [0, 0.1) is 11.8 Å². The quantitative estimate of drug-likeness (QED) is 0.284. The number of halogens is 3. The van der Waals surface area contributed by atoms with Crippen LogP contribution >= 0.6 is 0 Å². The van der Waals surface area contributed by atoms with Crippen LogP contribution in [0.15, 0.2) is 48.5 Å². The molecule has 3 N–H and O–H groups in total. The molecular weight excluding hydrogens is 701 g/mol. The van der Waals surface area contributed by atoms with Crippen molar-refractivity contribution in [1.82, 2.24) is 20.4 Å². The summed E-state index contributed by atoms with van der Waals surface area (Å²) in [4.78, 5) is 41.6. The molecule has 3 aliphatic heterocycles. The van der Waals surface area contributed by atoms with Gasteiger partial charge < -0.3 is 30.1 Å². The highest BCUT2D eigenvalue weighted by atomic mass is 19.4. The van der Waals surface area contributed by atoms with Crippen molar-refractivity contribution in [2.45, 2.75) is 141 Å². The van der Waals surface area contributed by atoms with Crippen LogP contribution in [-0.2, 0) is 37.0 Å². The van der Waals surface area contributed by atoms with E-state index in [2.05, 4.69) is 22.5 Å². The summed E-state index contributed by atoms with van der Waals surface area (Å²) in [5, 5.41) is 15.6. The van der Waals surface area contributed by atoms with E-state index >= 15 is 0 Å². The average molecular weight is 757 g/mol. The minimum absolute atomic E-state index is 0.0502. The third kappa shape index (κ3) is 9.29. The molecule has 3 saturated heterocycles. The van der Waals surface area contributed by atoms with Crippen molar-refractivity contribution in [2.75, 3.05) is 13.1 Å². The molecule has 3 heterocycles. The molecule has 10 nitrogen and oxygen atoms in total. The van der Waals surface area contributed by atoms with Crippen LogP contribution in [0.4, 0.5) is 13.2 Å². The van der Waals surface area contributed by atoms with Gasteiger partial charge in [0.25, 0.3) is 0 Å². The molecule has 54 heavy (non-hydrogen) atoms. The van der Waals surface area contributed by atoms with E-state index in [0.717, 1.165) is 47.9 Å². The standard InChI is InChI=1S/C41H55F3N4O6/c1-25-34(23-48-31-9-6-5-8-28(31)19-20-33(48)37(51)46-40(2,3)4)53-38(54-35(25)29-15-13-27(24-49)14-16-29)30-17-11-26(12-18-30)22-45-36(50)32-10-7-21-47(32)39(52)41(42,43)44/h11-18,25,28,31-35,38,49H,5-10,19-24H2,1-4H3,(H,45,50)(H,46,51). The van der Waals surface area contributed by atoms with E-state index in [0.29, 0.717) is 29.8 Å². The van der Waals surface area contributed by atoms with E-state index < -0.39 is 30.3 Å². The van der Waals surface area contributed by atoms with Gasteiger partial charge in [0.05, 0.1) is 24.9 Å². The summed E-state index contributed by atoms with van der Waals surface area (Å²) in [6.45, 7) is 8.60. The number of hydrogen-bond acceptors (Lipinski definition) is 7. The van der Waals surface area contributed by atoms with Crippen molar-refractivity contribution in [1.29, 1.82) is 0 Å². The number of aliphatic hydroxyl groups is 1. The fourth-order valence-electron chi connectivity index (χ4n) is 8.81. The first kappa shape index (κ1) is 40.2. The third-order valence-electron chi connectivity index (χ3n) is 11.6. The Bertz CT molecular complexity index is 1610. The zero-order valence-electron chi connectivity index (χ0n) is 31.7. The van der Waals surface area contributed by atoms with Crippen LogP contribution in [0.25, 0.3) is 0 Å². The Morgan fingerprint density at radius 1 is 0.815 bits per heavy atom. The summed E-state index contributed by atoms with van der Waals surface area (Å²) in [7, 11) is 0. The molecule has 8 atom stereocenters. The second kappa shape index (κ2) is 16.7. The molecule has 3 amide bonds. The van der Waals surface area contributed by atoms with Gasteiger partial charge in [-0.05, 0) is 81.9 Å². The number of carbonyl (C=O) groups excluding carboxylic acids is 3. The molecule has 0 radical (unpaired) electrons. The van der Waals surface area contributed by atoms with Gasteiger partial charge in [0, 0.05) is 42.7 Å². The maximum absolute atomic E-state index is 13.8. The summed E-state index contributed by atoms with van der Waals surface area (Å²) in [6.07, 6.45) is 0.482. The van der Waals surface area contributed by atoms with Gasteiger partial charge in [0.2, 0.25) is 11.8 Å². The number of alkyl halides is 3. The number of ether oxygens (including phenoxy) is 2. The van der Waals surface area contributed by atoms with Gasteiger partial charge >= 0.3 is 12.1 Å². The molecule has 2 aromatic rings. The van der Waals surface area contributed by atoms with E-state index in [-0.39, 0.29) is 61.7 Å². The van der Waals surface area contributed by atoms with Gasteiger partial charge in [-0.15, -0.1) is 0 Å². The minimum atomic E-state index is -5.03. The summed E-state index contributed by atoms with van der Waals surface area (Å²) >= 11 is 0. The lowest BCUT2D eigenvalue weighted by Crippen LogP contribution is -2.61. The number of piperidine rings is 1. The zero-order chi connectivity index (χ0) is 38.8. The zero-order valence-corrected chi connectivity index (χ0v) is 31.7. The van der Waals surface area contributed by atoms with E-state index in [9.17, 15) is 32.7 Å². The highest BCUT2D eigenvalue weighted by molar-refractivity contribution is 5.90. The Hall–Kier alpha value is -3.52. The van der Waals surface area contributed by atoms with Gasteiger partial charge in [-0.2, -0.15) is 13.2 Å². The third-order valence-corrected chi connectivity index (χ3v) is 11.6. The topological polar surface area (TPSA) is 120 Å². The second-order valence-corrected chi connectivity index (χ2v) is 16.6. The van der Waals surface area contributed by atoms with Crippen molar-refractivity contribution >= 4 is 17.7 Å². The fraction of sp³-hybridized carbons (Fsp3) is 0.634. The SMILES string of the molecule is CC1C(CN2C(C(=O)NC(C)(C)C)CCC3CCCCC32)OC(c2ccc(CNC(=O)C3CCCN3C(=O)C(F)(F)F)cc2)OC1c1ccc(CO)cc1. The Morgan fingerprint density at radius 2 is 1.48 bits per heavy atom. The first-order chi connectivity index (χ1) is 25.6. The van der Waals surface area contributed by atoms with Crippen LogP contribution in [0.5, 0.6) is 0 Å². The Kier molecular flexibility index (Phi) is 12.4. The van der Waals surface area contributed by atoms with Crippen LogP contribution in [0.1, 0.15) is 114 Å². The first-order valence-corrected chi connectivity index (χ1v) is 19.5. The maximum atomic E-state index is 13.8. The molecule has 6 rings (SSSR count). The van der Waals surface area contributed by atoms with Crippen molar-refractivity contribution in [3.8, 4) is 0 Å². The molecule has 4 fully saturated rings. The number of fused-ring (bicyclic) bond motifs is 1. The van der Waals surface area contributed by atoms with Gasteiger partial charge in [-0.25, -0.2) is 0 Å². The highest BCUT2D eigenvalue weighted by Gasteiger charge is 2.48. The summed E-state index contributed by atoms with van der Waals surface area (Å²) in [5.74, 6) is -2.10. The summed E-state index contributed by atoms with van der Waals surface area (Å²) in [6, 6.07) is 14.0. The number of hydrogen-bond donors (Lipinski definition) is 3. The van der Waals surface area contributed by atoms with Gasteiger partial charge in [0.15, 0.2) is 6.29 Å². The number of benzene rings is 2. The highest BCUT2D eigenvalue weighted by Crippen LogP contribution is 2.44. The monoisotopic (exact) mass is 756 g/mol. The van der Waals surface area contributed by atoms with Crippen LogP contribution < -0.4 is 10.6 Å². The number of rotatable bonds is 9. The molecule has 0 spiro atoms. The van der Waals surface area contributed by atoms with Crippen molar-refractivity contribution in [3.05, 3.63) is 70.8 Å².